The maximum Gasteiger partial charge on any atom is 0.148 e. The van der Waals surface area contributed by atoms with Crippen molar-refractivity contribution in [1.82, 2.24) is 10.5 Å². The van der Waals surface area contributed by atoms with E-state index in [1.54, 1.807) is 43.7 Å². The molecule has 0 saturated carbocycles. The summed E-state index contributed by atoms with van der Waals surface area (Å²) < 4.78 is 13.6. The number of allylic oxidation sites excluding steroid dienone is 1. The number of carbonyl (C=O) groups is 2. The highest BCUT2D eigenvalue weighted by molar-refractivity contribution is 5.94. The zero-order chi connectivity index (χ0) is 15.2. The number of nitrogens with one attached hydrogen (secondary N) is 1. The zero-order valence-electron chi connectivity index (χ0n) is 11.6. The molecule has 1 atom stereocenters. The molecule has 1 N–H and O–H groups in total. The van der Waals surface area contributed by atoms with Crippen molar-refractivity contribution in [2.45, 2.75) is 13.3 Å². The SMILES string of the molecule is CCC(=O)C(C=O)/C=C/N1C=CN(c2ccccc2F)N1. The highest BCUT2D eigenvalue weighted by atomic mass is 19.1. The van der Waals surface area contributed by atoms with E-state index >= 15 is 0 Å². The van der Waals surface area contributed by atoms with E-state index in [2.05, 4.69) is 5.53 Å². The molecule has 110 valence electrons. The summed E-state index contributed by atoms with van der Waals surface area (Å²) in [5, 5.41) is 3.03. The van der Waals surface area contributed by atoms with Crippen molar-refractivity contribution in [2.24, 2.45) is 5.92 Å². The number of aldehydes is 1. The lowest BCUT2D eigenvalue weighted by atomic mass is 10.0. The number of hydrazine groups is 2. The van der Waals surface area contributed by atoms with Gasteiger partial charge in [0, 0.05) is 25.0 Å². The summed E-state index contributed by atoms with van der Waals surface area (Å²) in [4.78, 5) is 22.3. The molecule has 0 bridgehead atoms. The minimum absolute atomic E-state index is 0.143. The standard InChI is InChI=1S/C15H16FN3O2/c1-2-15(21)12(11-20)7-8-18-9-10-19(17-18)14-6-4-3-5-13(14)16/h3-12,17H,2H2,1H3/b8-7+. The van der Waals surface area contributed by atoms with Crippen LogP contribution in [0, 0.1) is 11.7 Å². The van der Waals surface area contributed by atoms with E-state index < -0.39 is 5.92 Å². The highest BCUT2D eigenvalue weighted by Crippen LogP contribution is 2.19. The summed E-state index contributed by atoms with van der Waals surface area (Å²) in [6.07, 6.45) is 7.27. The third-order valence-corrected chi connectivity index (χ3v) is 3.03. The zero-order valence-corrected chi connectivity index (χ0v) is 11.6. The molecule has 1 aliphatic heterocycles. The second kappa shape index (κ2) is 6.81. The van der Waals surface area contributed by atoms with E-state index in [1.165, 1.54) is 22.2 Å². The number of halogens is 1. The van der Waals surface area contributed by atoms with Crippen LogP contribution in [0.25, 0.3) is 0 Å². The molecule has 1 unspecified atom stereocenters. The van der Waals surface area contributed by atoms with Gasteiger partial charge in [-0.3, -0.25) is 14.8 Å². The first-order chi connectivity index (χ1) is 10.2. The first-order valence-corrected chi connectivity index (χ1v) is 6.58. The van der Waals surface area contributed by atoms with Crippen LogP contribution in [0.4, 0.5) is 10.1 Å². The number of nitrogens with zero attached hydrogens (tertiary/aromatic N) is 2. The van der Waals surface area contributed by atoms with Crippen molar-refractivity contribution >= 4 is 17.8 Å². The van der Waals surface area contributed by atoms with Gasteiger partial charge in [-0.15, -0.1) is 5.53 Å². The first kappa shape index (κ1) is 14.9. The summed E-state index contributed by atoms with van der Waals surface area (Å²) in [7, 11) is 0. The molecule has 6 heteroatoms. The molecule has 21 heavy (non-hydrogen) atoms. The van der Waals surface area contributed by atoms with Crippen LogP contribution in [0.2, 0.25) is 0 Å². The lowest BCUT2D eigenvalue weighted by Gasteiger charge is -2.20. The molecule has 0 spiro atoms. The number of anilines is 1. The van der Waals surface area contributed by atoms with Crippen molar-refractivity contribution in [2.75, 3.05) is 5.01 Å². The van der Waals surface area contributed by atoms with Gasteiger partial charge in [0.15, 0.2) is 0 Å². The molecule has 0 amide bonds. The van der Waals surface area contributed by atoms with Gasteiger partial charge in [0.2, 0.25) is 0 Å². The van der Waals surface area contributed by atoms with Crippen molar-refractivity contribution in [1.29, 1.82) is 0 Å². The fraction of sp³-hybridized carbons (Fsp3) is 0.200. The number of carbonyl (C=O) groups excluding carboxylic acids is 2. The van der Waals surface area contributed by atoms with Crippen LogP contribution in [-0.4, -0.2) is 17.1 Å². The van der Waals surface area contributed by atoms with Gasteiger partial charge in [0.25, 0.3) is 0 Å². The van der Waals surface area contributed by atoms with Crippen molar-refractivity contribution in [3.63, 3.8) is 0 Å². The van der Waals surface area contributed by atoms with E-state index in [4.69, 9.17) is 0 Å². The number of Topliss-reactive ketones (excluding diaryl/α,β-unsaturated/α-hetero) is 1. The van der Waals surface area contributed by atoms with Crippen LogP contribution < -0.4 is 10.5 Å². The largest absolute Gasteiger partial charge is 0.302 e. The second-order valence-corrected chi connectivity index (χ2v) is 4.45. The van der Waals surface area contributed by atoms with Crippen LogP contribution in [0.3, 0.4) is 0 Å². The van der Waals surface area contributed by atoms with Crippen LogP contribution >= 0.6 is 0 Å². The predicted octanol–water partition coefficient (Wildman–Crippen LogP) is 2.15. The molecule has 5 nitrogen and oxygen atoms in total. The Labute approximate surface area is 122 Å². The lowest BCUT2D eigenvalue weighted by molar-refractivity contribution is -0.125. The fourth-order valence-corrected chi connectivity index (χ4v) is 1.84. The number of benzene rings is 1. The summed E-state index contributed by atoms with van der Waals surface area (Å²) in [5.41, 5.74) is 3.26. The first-order valence-electron chi connectivity index (χ1n) is 6.58. The maximum absolute atomic E-state index is 13.6. The van der Waals surface area contributed by atoms with E-state index in [9.17, 15) is 14.0 Å². The lowest BCUT2D eigenvalue weighted by Crippen LogP contribution is -2.37. The van der Waals surface area contributed by atoms with Gasteiger partial charge in [0.1, 0.15) is 17.9 Å². The molecule has 0 saturated heterocycles. The molecule has 1 aromatic carbocycles. The van der Waals surface area contributed by atoms with Crippen molar-refractivity contribution < 1.29 is 14.0 Å². The molecule has 1 heterocycles. The smallest absolute Gasteiger partial charge is 0.148 e. The van der Waals surface area contributed by atoms with Gasteiger partial charge in [0.05, 0.1) is 11.6 Å². The number of hydrogen-bond acceptors (Lipinski definition) is 5. The summed E-state index contributed by atoms with van der Waals surface area (Å²) in [6, 6.07) is 6.34. The van der Waals surface area contributed by atoms with Crippen molar-refractivity contribution in [3.05, 3.63) is 54.8 Å². The van der Waals surface area contributed by atoms with E-state index in [0.717, 1.165) is 0 Å². The fourth-order valence-electron chi connectivity index (χ4n) is 1.84. The Hall–Kier alpha value is -2.47. The Balaban J connectivity index is 2.00. The molecule has 1 aliphatic rings. The Morgan fingerprint density at radius 2 is 2.14 bits per heavy atom. The molecule has 0 aromatic heterocycles. The average Bonchev–Trinajstić information content (AvgIpc) is 2.96. The third kappa shape index (κ3) is 3.55. The quantitative estimate of drug-likeness (QED) is 0.642. The van der Waals surface area contributed by atoms with Crippen LogP contribution in [0.15, 0.2) is 48.9 Å². The van der Waals surface area contributed by atoms with Gasteiger partial charge >= 0.3 is 0 Å². The van der Waals surface area contributed by atoms with E-state index in [-0.39, 0.29) is 11.6 Å². The van der Waals surface area contributed by atoms with Crippen molar-refractivity contribution in [3.8, 4) is 0 Å². The van der Waals surface area contributed by atoms with Crippen LogP contribution in [0.5, 0.6) is 0 Å². The van der Waals surface area contributed by atoms with Gasteiger partial charge in [-0.05, 0) is 18.2 Å². The summed E-state index contributed by atoms with van der Waals surface area (Å²) in [5.74, 6) is -1.25. The third-order valence-electron chi connectivity index (χ3n) is 3.03. The van der Waals surface area contributed by atoms with E-state index in [0.29, 0.717) is 18.4 Å². The maximum atomic E-state index is 13.6. The number of hydrogen-bond donors (Lipinski definition) is 1. The molecule has 0 radical (unpaired) electrons. The van der Waals surface area contributed by atoms with Crippen LogP contribution in [-0.2, 0) is 9.59 Å². The summed E-state index contributed by atoms with van der Waals surface area (Å²) in [6.45, 7) is 1.71. The minimum atomic E-state index is -0.757. The molecule has 0 fully saturated rings. The highest BCUT2D eigenvalue weighted by Gasteiger charge is 2.16. The molecule has 0 aliphatic carbocycles. The molecular formula is C15H16FN3O2. The molecular weight excluding hydrogens is 273 g/mol. The predicted molar refractivity (Wildman–Crippen MR) is 77.0 cm³/mol. The van der Waals surface area contributed by atoms with E-state index in [1.807, 2.05) is 0 Å². The van der Waals surface area contributed by atoms with Gasteiger partial charge in [-0.2, -0.15) is 0 Å². The number of para-hydroxylation sites is 1. The number of ketones is 1. The molecule has 1 aromatic rings. The number of rotatable bonds is 6. The van der Waals surface area contributed by atoms with Gasteiger partial charge in [-0.25, -0.2) is 4.39 Å². The minimum Gasteiger partial charge on any atom is -0.302 e. The Kier molecular flexibility index (Phi) is 4.84. The normalized spacial score (nSPS) is 15.7. The Morgan fingerprint density at radius 3 is 2.81 bits per heavy atom. The average molecular weight is 289 g/mol. The van der Waals surface area contributed by atoms with Gasteiger partial charge in [-0.1, -0.05) is 19.1 Å². The Morgan fingerprint density at radius 1 is 1.38 bits per heavy atom. The van der Waals surface area contributed by atoms with Gasteiger partial charge < -0.3 is 4.79 Å². The second-order valence-electron chi connectivity index (χ2n) is 4.45. The topological polar surface area (TPSA) is 52.7 Å². The monoisotopic (exact) mass is 289 g/mol. The summed E-state index contributed by atoms with van der Waals surface area (Å²) >= 11 is 0. The van der Waals surface area contributed by atoms with Crippen LogP contribution in [0.1, 0.15) is 13.3 Å². The Bertz CT molecular complexity index is 586. The molecule has 2 rings (SSSR count).